The van der Waals surface area contributed by atoms with Crippen molar-refractivity contribution in [1.82, 2.24) is 10.2 Å². The van der Waals surface area contributed by atoms with Crippen molar-refractivity contribution in [3.8, 4) is 0 Å². The van der Waals surface area contributed by atoms with Gasteiger partial charge >= 0.3 is 0 Å². The Hall–Kier alpha value is -1.06. The Morgan fingerprint density at radius 3 is 2.10 bits per heavy atom. The first-order valence-corrected chi connectivity index (χ1v) is 8.11. The highest BCUT2D eigenvalue weighted by Crippen LogP contribution is 2.39. The van der Waals surface area contributed by atoms with Crippen LogP contribution in [0.2, 0.25) is 0 Å². The lowest BCUT2D eigenvalue weighted by molar-refractivity contribution is -0.153. The minimum absolute atomic E-state index is 0.0472. The number of carbonyl (C=O) groups is 2. The van der Waals surface area contributed by atoms with Crippen LogP contribution in [0.5, 0.6) is 0 Å². The summed E-state index contributed by atoms with van der Waals surface area (Å²) in [5, 5.41) is 2.97. The van der Waals surface area contributed by atoms with Gasteiger partial charge in [-0.15, -0.1) is 0 Å². The van der Waals surface area contributed by atoms with E-state index in [-0.39, 0.29) is 28.7 Å². The smallest absolute Gasteiger partial charge is 0.246 e. The molecule has 1 aliphatic carbocycles. The van der Waals surface area contributed by atoms with Crippen molar-refractivity contribution in [2.45, 2.75) is 72.9 Å². The minimum Gasteiger partial charge on any atom is -0.342 e. The molecule has 2 amide bonds. The average Bonchev–Trinajstić information content (AvgIpc) is 3.10. The zero-order chi connectivity index (χ0) is 16.0. The molecule has 4 heteroatoms. The van der Waals surface area contributed by atoms with Gasteiger partial charge in [-0.3, -0.25) is 9.59 Å². The van der Waals surface area contributed by atoms with E-state index in [0.717, 1.165) is 19.3 Å². The van der Waals surface area contributed by atoms with Crippen molar-refractivity contribution in [3.05, 3.63) is 0 Å². The van der Waals surface area contributed by atoms with Gasteiger partial charge in [0, 0.05) is 6.54 Å². The van der Waals surface area contributed by atoms with E-state index in [1.165, 1.54) is 0 Å². The van der Waals surface area contributed by atoms with Crippen LogP contribution < -0.4 is 5.32 Å². The van der Waals surface area contributed by atoms with E-state index < -0.39 is 6.04 Å². The maximum atomic E-state index is 12.9. The van der Waals surface area contributed by atoms with Crippen molar-refractivity contribution in [2.75, 3.05) is 6.54 Å². The predicted molar refractivity (Wildman–Crippen MR) is 83.7 cm³/mol. The number of rotatable bonds is 3. The largest absolute Gasteiger partial charge is 0.342 e. The lowest BCUT2D eigenvalue weighted by atomic mass is 9.83. The van der Waals surface area contributed by atoms with Crippen LogP contribution >= 0.6 is 0 Å². The molecule has 120 valence electrons. The molecule has 1 N–H and O–H groups in total. The van der Waals surface area contributed by atoms with Crippen LogP contribution in [0.4, 0.5) is 0 Å². The summed E-state index contributed by atoms with van der Waals surface area (Å²) in [5.41, 5.74) is -0.0826. The van der Waals surface area contributed by atoms with Gasteiger partial charge in [0.2, 0.25) is 11.8 Å². The van der Waals surface area contributed by atoms with Gasteiger partial charge in [0.15, 0.2) is 0 Å². The van der Waals surface area contributed by atoms with Crippen LogP contribution in [0, 0.1) is 16.7 Å². The third kappa shape index (κ3) is 3.78. The van der Waals surface area contributed by atoms with Gasteiger partial charge in [-0.1, -0.05) is 41.5 Å². The van der Waals surface area contributed by atoms with Crippen molar-refractivity contribution in [1.29, 1.82) is 0 Å². The fraction of sp³-hybridized carbons (Fsp3) is 0.882. The van der Waals surface area contributed by atoms with Crippen molar-refractivity contribution >= 4 is 11.8 Å². The van der Waals surface area contributed by atoms with Crippen LogP contribution in [-0.4, -0.2) is 35.3 Å². The third-order valence-corrected chi connectivity index (χ3v) is 4.46. The molecule has 0 aromatic rings. The summed E-state index contributed by atoms with van der Waals surface area (Å²) in [5.74, 6) is 0.518. The molecule has 2 rings (SSSR count). The SMILES string of the molecule is CC(C)(C)CCN1C(=O)C(C(C)(C)C)NC(=O)C1C1CC1. The summed E-state index contributed by atoms with van der Waals surface area (Å²) < 4.78 is 0. The Kier molecular flexibility index (Phi) is 4.11. The minimum atomic E-state index is -0.403. The fourth-order valence-electron chi connectivity index (χ4n) is 2.91. The first-order chi connectivity index (χ1) is 9.50. The highest BCUT2D eigenvalue weighted by Gasteiger charge is 2.50. The maximum Gasteiger partial charge on any atom is 0.246 e. The standard InChI is InChI=1S/C17H30N2O2/c1-16(2,3)9-10-19-12(11-7-8-11)14(20)18-13(15(19)21)17(4,5)6/h11-13H,7-10H2,1-6H3,(H,18,20). The lowest BCUT2D eigenvalue weighted by Crippen LogP contribution is -2.67. The molecule has 1 saturated heterocycles. The molecule has 1 heterocycles. The maximum absolute atomic E-state index is 12.9. The van der Waals surface area contributed by atoms with Crippen LogP contribution in [-0.2, 0) is 9.59 Å². The van der Waals surface area contributed by atoms with E-state index in [1.54, 1.807) is 0 Å². The topological polar surface area (TPSA) is 49.4 Å². The second-order valence-corrected chi connectivity index (χ2v) is 8.93. The molecule has 0 spiro atoms. The van der Waals surface area contributed by atoms with Crippen molar-refractivity contribution < 1.29 is 9.59 Å². The van der Waals surface area contributed by atoms with Gasteiger partial charge in [0.25, 0.3) is 0 Å². The van der Waals surface area contributed by atoms with Crippen LogP contribution in [0.15, 0.2) is 0 Å². The summed E-state index contributed by atoms with van der Waals surface area (Å²) in [6.07, 6.45) is 3.06. The van der Waals surface area contributed by atoms with Gasteiger partial charge in [-0.05, 0) is 36.0 Å². The molecule has 2 fully saturated rings. The Balaban J connectivity index is 2.20. The normalized spacial score (nSPS) is 27.8. The quantitative estimate of drug-likeness (QED) is 0.869. The molecule has 0 radical (unpaired) electrons. The monoisotopic (exact) mass is 294 g/mol. The summed E-state index contributed by atoms with van der Waals surface area (Å²) in [6, 6.07) is -0.640. The molecule has 2 atom stereocenters. The Morgan fingerprint density at radius 2 is 1.67 bits per heavy atom. The molecule has 21 heavy (non-hydrogen) atoms. The number of hydrogen-bond acceptors (Lipinski definition) is 2. The van der Waals surface area contributed by atoms with E-state index >= 15 is 0 Å². The highest BCUT2D eigenvalue weighted by molar-refractivity contribution is 5.97. The number of hydrogen-bond donors (Lipinski definition) is 1. The molecule has 0 aromatic heterocycles. The van der Waals surface area contributed by atoms with Gasteiger partial charge < -0.3 is 10.2 Å². The second-order valence-electron chi connectivity index (χ2n) is 8.93. The molecular weight excluding hydrogens is 264 g/mol. The summed E-state index contributed by atoms with van der Waals surface area (Å²) in [7, 11) is 0. The highest BCUT2D eigenvalue weighted by atomic mass is 16.2. The van der Waals surface area contributed by atoms with E-state index in [9.17, 15) is 9.59 Å². The van der Waals surface area contributed by atoms with E-state index in [4.69, 9.17) is 0 Å². The van der Waals surface area contributed by atoms with E-state index in [0.29, 0.717) is 12.5 Å². The van der Waals surface area contributed by atoms with Gasteiger partial charge in [0.1, 0.15) is 12.1 Å². The Labute approximate surface area is 128 Å². The average molecular weight is 294 g/mol. The van der Waals surface area contributed by atoms with Crippen LogP contribution in [0.25, 0.3) is 0 Å². The summed E-state index contributed by atoms with van der Waals surface area (Å²) in [4.78, 5) is 27.3. The molecule has 0 aromatic carbocycles. The van der Waals surface area contributed by atoms with E-state index in [1.807, 2.05) is 25.7 Å². The lowest BCUT2D eigenvalue weighted by Gasteiger charge is -2.44. The Morgan fingerprint density at radius 1 is 1.10 bits per heavy atom. The Bertz CT molecular complexity index is 427. The number of piperazine rings is 1. The predicted octanol–water partition coefficient (Wildman–Crippen LogP) is 2.57. The van der Waals surface area contributed by atoms with Gasteiger partial charge in [-0.2, -0.15) is 0 Å². The van der Waals surface area contributed by atoms with Gasteiger partial charge in [0.05, 0.1) is 0 Å². The van der Waals surface area contributed by atoms with Crippen molar-refractivity contribution in [3.63, 3.8) is 0 Å². The third-order valence-electron chi connectivity index (χ3n) is 4.46. The molecule has 4 nitrogen and oxygen atoms in total. The summed E-state index contributed by atoms with van der Waals surface area (Å²) in [6.45, 7) is 13.2. The molecular formula is C17H30N2O2. The molecule has 2 aliphatic rings. The van der Waals surface area contributed by atoms with E-state index in [2.05, 4.69) is 26.1 Å². The summed E-state index contributed by atoms with van der Waals surface area (Å²) >= 11 is 0. The first-order valence-electron chi connectivity index (χ1n) is 8.11. The molecule has 2 unspecified atom stereocenters. The zero-order valence-electron chi connectivity index (χ0n) is 14.3. The van der Waals surface area contributed by atoms with Crippen LogP contribution in [0.3, 0.4) is 0 Å². The van der Waals surface area contributed by atoms with Crippen LogP contribution in [0.1, 0.15) is 60.8 Å². The molecule has 0 bridgehead atoms. The number of nitrogens with zero attached hydrogens (tertiary/aromatic N) is 1. The second kappa shape index (κ2) is 5.29. The molecule has 1 aliphatic heterocycles. The number of amides is 2. The molecule has 1 saturated carbocycles. The number of carbonyl (C=O) groups excluding carboxylic acids is 2. The van der Waals surface area contributed by atoms with Gasteiger partial charge in [-0.25, -0.2) is 0 Å². The zero-order valence-corrected chi connectivity index (χ0v) is 14.3. The fourth-order valence-corrected chi connectivity index (χ4v) is 2.91. The number of nitrogens with one attached hydrogen (secondary N) is 1. The van der Waals surface area contributed by atoms with Crippen molar-refractivity contribution in [2.24, 2.45) is 16.7 Å². The first kappa shape index (κ1) is 16.3.